The lowest BCUT2D eigenvalue weighted by Crippen LogP contribution is -2.28. The van der Waals surface area contributed by atoms with Crippen LogP contribution in [0.15, 0.2) is 23.2 Å². The lowest BCUT2D eigenvalue weighted by atomic mass is 10.2. The van der Waals surface area contributed by atoms with Gasteiger partial charge in [-0.05, 0) is 18.1 Å². The topological polar surface area (TPSA) is 15.6 Å². The molecule has 1 aromatic carbocycles. The van der Waals surface area contributed by atoms with Crippen molar-refractivity contribution in [3.05, 3.63) is 28.2 Å². The molecule has 1 aromatic rings. The molecule has 2 nitrogen and oxygen atoms in total. The van der Waals surface area contributed by atoms with Crippen LogP contribution >= 0.6 is 35.0 Å². The average molecular weight is 303 g/mol. The predicted octanol–water partition coefficient (Wildman–Crippen LogP) is 4.69. The van der Waals surface area contributed by atoms with E-state index in [1.165, 1.54) is 0 Å². The number of rotatable bonds is 3. The van der Waals surface area contributed by atoms with Crippen LogP contribution in [0.4, 0.5) is 5.69 Å². The Morgan fingerprint density at radius 1 is 1.39 bits per heavy atom. The zero-order valence-electron chi connectivity index (χ0n) is 10.5. The Kier molecular flexibility index (Phi) is 4.82. The van der Waals surface area contributed by atoms with Gasteiger partial charge in [0.2, 0.25) is 0 Å². The molecule has 0 spiro atoms. The van der Waals surface area contributed by atoms with E-state index in [0.29, 0.717) is 16.0 Å². The van der Waals surface area contributed by atoms with Crippen molar-refractivity contribution in [1.29, 1.82) is 0 Å². The second kappa shape index (κ2) is 6.18. The summed E-state index contributed by atoms with van der Waals surface area (Å²) in [5, 5.41) is 2.13. The van der Waals surface area contributed by atoms with E-state index in [2.05, 4.69) is 23.7 Å². The molecule has 0 bridgehead atoms. The molecule has 0 atom stereocenters. The van der Waals surface area contributed by atoms with Crippen molar-refractivity contribution < 1.29 is 0 Å². The standard InChI is InChI=1S/C13H16Cl2N2S/c1-9(2)8-17-6-7-18-13(17)16-11-5-3-4-10(14)12(11)15/h3-5,9H,6-8H2,1-2H3. The third kappa shape index (κ3) is 3.34. The zero-order valence-corrected chi connectivity index (χ0v) is 12.8. The largest absolute Gasteiger partial charge is 0.350 e. The number of hydrogen-bond acceptors (Lipinski definition) is 2. The van der Waals surface area contributed by atoms with E-state index in [1.54, 1.807) is 17.8 Å². The first-order valence-corrected chi connectivity index (χ1v) is 7.72. The number of halogens is 2. The average Bonchev–Trinajstić information content (AvgIpc) is 2.72. The Morgan fingerprint density at radius 2 is 2.17 bits per heavy atom. The summed E-state index contributed by atoms with van der Waals surface area (Å²) in [4.78, 5) is 6.95. The van der Waals surface area contributed by atoms with Crippen LogP contribution in [-0.2, 0) is 0 Å². The maximum Gasteiger partial charge on any atom is 0.164 e. The molecule has 0 saturated carbocycles. The van der Waals surface area contributed by atoms with Gasteiger partial charge in [0.15, 0.2) is 5.17 Å². The van der Waals surface area contributed by atoms with E-state index in [-0.39, 0.29) is 0 Å². The van der Waals surface area contributed by atoms with Gasteiger partial charge in [-0.2, -0.15) is 0 Å². The first-order chi connectivity index (χ1) is 8.58. The Hall–Kier alpha value is -0.380. The van der Waals surface area contributed by atoms with Gasteiger partial charge in [0, 0.05) is 18.8 Å². The van der Waals surface area contributed by atoms with Crippen LogP contribution < -0.4 is 0 Å². The summed E-state index contributed by atoms with van der Waals surface area (Å²) in [5.74, 6) is 1.72. The van der Waals surface area contributed by atoms with Crippen molar-refractivity contribution in [2.75, 3.05) is 18.8 Å². The van der Waals surface area contributed by atoms with E-state index < -0.39 is 0 Å². The van der Waals surface area contributed by atoms with Gasteiger partial charge in [0.25, 0.3) is 0 Å². The van der Waals surface area contributed by atoms with Crippen LogP contribution in [0.25, 0.3) is 0 Å². The van der Waals surface area contributed by atoms with Crippen LogP contribution in [0.3, 0.4) is 0 Å². The van der Waals surface area contributed by atoms with Crippen LogP contribution in [0.5, 0.6) is 0 Å². The molecule has 5 heteroatoms. The van der Waals surface area contributed by atoms with Crippen LogP contribution in [-0.4, -0.2) is 28.9 Å². The van der Waals surface area contributed by atoms with E-state index >= 15 is 0 Å². The summed E-state index contributed by atoms with van der Waals surface area (Å²) >= 11 is 13.9. The van der Waals surface area contributed by atoms with Crippen molar-refractivity contribution in [3.63, 3.8) is 0 Å². The van der Waals surface area contributed by atoms with E-state index in [0.717, 1.165) is 29.7 Å². The second-order valence-corrected chi connectivity index (χ2v) is 6.50. The maximum atomic E-state index is 6.16. The summed E-state index contributed by atoms with van der Waals surface area (Å²) in [6.45, 7) is 6.52. The number of benzene rings is 1. The summed E-state index contributed by atoms with van der Waals surface area (Å²) in [7, 11) is 0. The predicted molar refractivity (Wildman–Crippen MR) is 82.4 cm³/mol. The van der Waals surface area contributed by atoms with Crippen molar-refractivity contribution in [1.82, 2.24) is 4.90 Å². The van der Waals surface area contributed by atoms with Crippen molar-refractivity contribution in [2.24, 2.45) is 10.9 Å². The van der Waals surface area contributed by atoms with Crippen molar-refractivity contribution in [3.8, 4) is 0 Å². The Morgan fingerprint density at radius 3 is 2.89 bits per heavy atom. The van der Waals surface area contributed by atoms with Gasteiger partial charge < -0.3 is 4.90 Å². The highest BCUT2D eigenvalue weighted by molar-refractivity contribution is 8.14. The molecule has 0 amide bonds. The molecule has 98 valence electrons. The fraction of sp³-hybridized carbons (Fsp3) is 0.462. The van der Waals surface area contributed by atoms with Gasteiger partial charge in [-0.15, -0.1) is 0 Å². The van der Waals surface area contributed by atoms with Crippen LogP contribution in [0, 0.1) is 5.92 Å². The SMILES string of the molecule is CC(C)CN1CCSC1=Nc1cccc(Cl)c1Cl. The molecule has 0 radical (unpaired) electrons. The van der Waals surface area contributed by atoms with Gasteiger partial charge in [-0.3, -0.25) is 0 Å². The number of thioether (sulfide) groups is 1. The third-order valence-electron chi connectivity index (χ3n) is 2.60. The smallest absolute Gasteiger partial charge is 0.164 e. The molecular formula is C13H16Cl2N2S. The summed E-state index contributed by atoms with van der Waals surface area (Å²) in [6, 6.07) is 5.55. The molecule has 1 saturated heterocycles. The minimum absolute atomic E-state index is 0.531. The van der Waals surface area contributed by atoms with Crippen LogP contribution in [0.1, 0.15) is 13.8 Å². The fourth-order valence-corrected chi connectivity index (χ4v) is 3.17. The molecule has 0 N–H and O–H groups in total. The van der Waals surface area contributed by atoms with Crippen molar-refractivity contribution in [2.45, 2.75) is 13.8 Å². The van der Waals surface area contributed by atoms with Gasteiger partial charge in [-0.1, -0.05) is 54.9 Å². The minimum Gasteiger partial charge on any atom is -0.350 e. The quantitative estimate of drug-likeness (QED) is 0.805. The van der Waals surface area contributed by atoms with Gasteiger partial charge in [-0.25, -0.2) is 4.99 Å². The minimum atomic E-state index is 0.531. The first-order valence-electron chi connectivity index (χ1n) is 5.98. The molecule has 0 aliphatic carbocycles. The molecule has 0 aromatic heterocycles. The van der Waals surface area contributed by atoms with Crippen LogP contribution in [0.2, 0.25) is 10.0 Å². The molecule has 2 rings (SSSR count). The van der Waals surface area contributed by atoms with E-state index in [9.17, 15) is 0 Å². The van der Waals surface area contributed by atoms with E-state index in [4.69, 9.17) is 23.2 Å². The number of hydrogen-bond donors (Lipinski definition) is 0. The van der Waals surface area contributed by atoms with Gasteiger partial charge in [0.05, 0.1) is 15.7 Å². The normalized spacial score (nSPS) is 18.1. The first kappa shape index (κ1) is 14.0. The summed E-state index contributed by atoms with van der Waals surface area (Å²) in [6.07, 6.45) is 0. The highest BCUT2D eigenvalue weighted by Crippen LogP contribution is 2.33. The molecule has 18 heavy (non-hydrogen) atoms. The molecule has 0 unspecified atom stereocenters. The van der Waals surface area contributed by atoms with Crippen molar-refractivity contribution >= 4 is 45.8 Å². The summed E-state index contributed by atoms with van der Waals surface area (Å²) < 4.78 is 0. The second-order valence-electron chi connectivity index (χ2n) is 4.66. The Bertz CT molecular complexity index is 460. The van der Waals surface area contributed by atoms with E-state index in [1.807, 2.05) is 12.1 Å². The third-order valence-corrected chi connectivity index (χ3v) is 4.40. The molecule has 1 aliphatic heterocycles. The Balaban J connectivity index is 2.23. The lowest BCUT2D eigenvalue weighted by Gasteiger charge is -2.20. The number of nitrogens with zero attached hydrogens (tertiary/aromatic N) is 2. The lowest BCUT2D eigenvalue weighted by molar-refractivity contribution is 0.396. The number of amidine groups is 1. The van der Waals surface area contributed by atoms with Gasteiger partial charge >= 0.3 is 0 Å². The summed E-state index contributed by atoms with van der Waals surface area (Å²) in [5.41, 5.74) is 0.752. The fourth-order valence-electron chi connectivity index (χ4n) is 1.83. The monoisotopic (exact) mass is 302 g/mol. The molecule has 1 aliphatic rings. The molecular weight excluding hydrogens is 287 g/mol. The number of aliphatic imine (C=N–C) groups is 1. The highest BCUT2D eigenvalue weighted by Gasteiger charge is 2.20. The zero-order chi connectivity index (χ0) is 13.1. The van der Waals surface area contributed by atoms with Gasteiger partial charge in [0.1, 0.15) is 0 Å². The Labute approximate surface area is 122 Å². The molecule has 1 heterocycles. The molecule has 1 fully saturated rings. The maximum absolute atomic E-state index is 6.16. The highest BCUT2D eigenvalue weighted by atomic mass is 35.5.